The Morgan fingerprint density at radius 1 is 1.03 bits per heavy atom. The second kappa shape index (κ2) is 10.7. The fourth-order valence-corrected chi connectivity index (χ4v) is 3.68. The molecule has 0 aliphatic carbocycles. The lowest BCUT2D eigenvalue weighted by atomic mass is 9.92. The molecule has 3 aromatic rings. The van der Waals surface area contributed by atoms with E-state index in [1.54, 1.807) is 9.58 Å². The van der Waals surface area contributed by atoms with Crippen LogP contribution in [-0.4, -0.2) is 39.6 Å². The molecule has 1 N–H and O–H groups in total. The van der Waals surface area contributed by atoms with E-state index >= 15 is 0 Å². The van der Waals surface area contributed by atoms with Crippen LogP contribution >= 0.6 is 0 Å². The summed E-state index contributed by atoms with van der Waals surface area (Å²) in [7, 11) is 0. The number of amides is 2. The zero-order chi connectivity index (χ0) is 24.9. The highest BCUT2D eigenvalue weighted by atomic mass is 16.2. The molecule has 34 heavy (non-hydrogen) atoms. The first-order chi connectivity index (χ1) is 16.1. The van der Waals surface area contributed by atoms with Gasteiger partial charge in [-0.25, -0.2) is 4.68 Å². The molecule has 6 nitrogen and oxygen atoms in total. The van der Waals surface area contributed by atoms with E-state index in [4.69, 9.17) is 5.10 Å². The molecule has 1 aromatic heterocycles. The van der Waals surface area contributed by atoms with E-state index in [1.165, 1.54) is 5.56 Å². The predicted molar refractivity (Wildman–Crippen MR) is 137 cm³/mol. The Hall–Kier alpha value is -3.41. The first-order valence-corrected chi connectivity index (χ1v) is 11.9. The number of anilines is 1. The van der Waals surface area contributed by atoms with Gasteiger partial charge in [0.2, 0.25) is 5.91 Å². The molecule has 0 atom stereocenters. The minimum atomic E-state index is -0.253. The van der Waals surface area contributed by atoms with E-state index in [-0.39, 0.29) is 29.7 Å². The lowest BCUT2D eigenvalue weighted by Gasteiger charge is -2.24. The fourth-order valence-electron chi connectivity index (χ4n) is 3.68. The normalized spacial score (nSPS) is 11.5. The van der Waals surface area contributed by atoms with Gasteiger partial charge in [-0.2, -0.15) is 5.10 Å². The predicted octanol–water partition coefficient (Wildman–Crippen LogP) is 5.47. The second-order valence-corrected chi connectivity index (χ2v) is 10.1. The third-order valence-electron chi connectivity index (χ3n) is 5.56. The van der Waals surface area contributed by atoms with Crippen molar-refractivity contribution in [2.45, 2.75) is 53.4 Å². The number of para-hydroxylation sites is 1. The number of rotatable bonds is 8. The highest BCUT2D eigenvalue weighted by molar-refractivity contribution is 5.99. The molecular weight excluding hydrogens is 424 g/mol. The van der Waals surface area contributed by atoms with Crippen LogP contribution in [0, 0.1) is 5.92 Å². The van der Waals surface area contributed by atoms with Crippen molar-refractivity contribution in [3.63, 3.8) is 0 Å². The standard InChI is InChI=1S/C28H36N4O2/c1-7-21-13-15-22(16-14-21)27(34)31(18-20(2)3)19-26(33)29-25-17-24(28(4,5)6)30-32(25)23-11-9-8-10-12-23/h8-17,20H,7,18-19H2,1-6H3,(H,29,33). The minimum absolute atomic E-state index is 0.0304. The number of nitrogens with one attached hydrogen (secondary N) is 1. The van der Waals surface area contributed by atoms with Gasteiger partial charge in [0.15, 0.2) is 0 Å². The number of benzene rings is 2. The third-order valence-corrected chi connectivity index (χ3v) is 5.56. The average Bonchev–Trinajstić information content (AvgIpc) is 3.22. The summed E-state index contributed by atoms with van der Waals surface area (Å²) in [4.78, 5) is 28.0. The molecule has 180 valence electrons. The van der Waals surface area contributed by atoms with Crippen LogP contribution in [0.5, 0.6) is 0 Å². The van der Waals surface area contributed by atoms with Gasteiger partial charge in [-0.05, 0) is 42.2 Å². The van der Waals surface area contributed by atoms with Crippen molar-refractivity contribution in [2.24, 2.45) is 5.92 Å². The molecule has 3 rings (SSSR count). The maximum absolute atomic E-state index is 13.2. The molecule has 6 heteroatoms. The molecule has 0 saturated carbocycles. The summed E-state index contributed by atoms with van der Waals surface area (Å²) in [5, 5.41) is 7.75. The molecule has 0 unspecified atom stereocenters. The van der Waals surface area contributed by atoms with E-state index < -0.39 is 0 Å². The molecule has 0 radical (unpaired) electrons. The van der Waals surface area contributed by atoms with Gasteiger partial charge in [0.05, 0.1) is 11.4 Å². The summed E-state index contributed by atoms with van der Waals surface area (Å²) in [6.45, 7) is 12.9. The molecule has 2 aromatic carbocycles. The van der Waals surface area contributed by atoms with Crippen LogP contribution in [0.2, 0.25) is 0 Å². The van der Waals surface area contributed by atoms with Crippen LogP contribution in [0.3, 0.4) is 0 Å². The van der Waals surface area contributed by atoms with Gasteiger partial charge in [0.1, 0.15) is 12.4 Å². The van der Waals surface area contributed by atoms with E-state index in [0.29, 0.717) is 17.9 Å². The van der Waals surface area contributed by atoms with Crippen molar-refractivity contribution in [2.75, 3.05) is 18.4 Å². The van der Waals surface area contributed by atoms with Gasteiger partial charge in [-0.1, -0.05) is 71.9 Å². The second-order valence-electron chi connectivity index (χ2n) is 10.1. The first kappa shape index (κ1) is 25.2. The molecular formula is C28H36N4O2. The number of carbonyl (C=O) groups is 2. The van der Waals surface area contributed by atoms with Gasteiger partial charge in [-0.15, -0.1) is 0 Å². The SMILES string of the molecule is CCc1ccc(C(=O)N(CC(=O)Nc2cc(C(C)(C)C)nn2-c2ccccc2)CC(C)C)cc1. The van der Waals surface area contributed by atoms with Gasteiger partial charge >= 0.3 is 0 Å². The smallest absolute Gasteiger partial charge is 0.254 e. The van der Waals surface area contributed by atoms with E-state index in [9.17, 15) is 9.59 Å². The van der Waals surface area contributed by atoms with E-state index in [2.05, 4.69) is 33.0 Å². The Morgan fingerprint density at radius 2 is 1.68 bits per heavy atom. The van der Waals surface area contributed by atoms with Crippen LogP contribution in [-0.2, 0) is 16.6 Å². The summed E-state index contributed by atoms with van der Waals surface area (Å²) >= 11 is 0. The van der Waals surface area contributed by atoms with Crippen molar-refractivity contribution < 1.29 is 9.59 Å². The van der Waals surface area contributed by atoms with Crippen LogP contribution in [0.4, 0.5) is 5.82 Å². The van der Waals surface area contributed by atoms with Gasteiger partial charge in [-0.3, -0.25) is 9.59 Å². The van der Waals surface area contributed by atoms with Crippen LogP contribution < -0.4 is 5.32 Å². The molecule has 0 aliphatic rings. The van der Waals surface area contributed by atoms with E-state index in [0.717, 1.165) is 17.8 Å². The van der Waals surface area contributed by atoms with Crippen molar-refractivity contribution in [3.8, 4) is 5.69 Å². The van der Waals surface area contributed by atoms with Crippen molar-refractivity contribution in [1.29, 1.82) is 0 Å². The molecule has 0 spiro atoms. The summed E-state index contributed by atoms with van der Waals surface area (Å²) in [6, 6.07) is 19.2. The molecule has 0 bridgehead atoms. The van der Waals surface area contributed by atoms with Crippen molar-refractivity contribution in [1.82, 2.24) is 14.7 Å². The van der Waals surface area contributed by atoms with Gasteiger partial charge in [0, 0.05) is 23.6 Å². The Kier molecular flexibility index (Phi) is 7.92. The minimum Gasteiger partial charge on any atom is -0.329 e. The Bertz CT molecular complexity index is 1110. The molecule has 1 heterocycles. The average molecular weight is 461 g/mol. The lowest BCUT2D eigenvalue weighted by Crippen LogP contribution is -2.40. The molecule has 0 saturated heterocycles. The molecule has 2 amide bonds. The largest absolute Gasteiger partial charge is 0.329 e. The van der Waals surface area contributed by atoms with Crippen molar-refractivity contribution >= 4 is 17.6 Å². The highest BCUT2D eigenvalue weighted by Crippen LogP contribution is 2.26. The number of nitrogens with zero attached hydrogens (tertiary/aromatic N) is 3. The van der Waals surface area contributed by atoms with Crippen LogP contribution in [0.1, 0.15) is 63.2 Å². The maximum Gasteiger partial charge on any atom is 0.254 e. The van der Waals surface area contributed by atoms with Gasteiger partial charge in [0.25, 0.3) is 5.91 Å². The zero-order valence-corrected chi connectivity index (χ0v) is 21.1. The number of aromatic nitrogens is 2. The van der Waals surface area contributed by atoms with Gasteiger partial charge < -0.3 is 10.2 Å². The molecule has 0 fully saturated rings. The highest BCUT2D eigenvalue weighted by Gasteiger charge is 2.24. The number of carbonyl (C=O) groups excluding carboxylic acids is 2. The molecule has 0 aliphatic heterocycles. The topological polar surface area (TPSA) is 67.2 Å². The fraction of sp³-hybridized carbons (Fsp3) is 0.393. The third kappa shape index (κ3) is 6.34. The summed E-state index contributed by atoms with van der Waals surface area (Å²) in [5.41, 5.74) is 3.32. The summed E-state index contributed by atoms with van der Waals surface area (Å²) in [6.07, 6.45) is 0.915. The number of hydrogen-bond donors (Lipinski definition) is 1. The Labute approximate surface area is 203 Å². The maximum atomic E-state index is 13.2. The van der Waals surface area contributed by atoms with E-state index in [1.807, 2.05) is 74.5 Å². The summed E-state index contributed by atoms with van der Waals surface area (Å²) < 4.78 is 1.75. The zero-order valence-electron chi connectivity index (χ0n) is 21.1. The van der Waals surface area contributed by atoms with Crippen LogP contribution in [0.25, 0.3) is 5.69 Å². The quantitative estimate of drug-likeness (QED) is 0.485. The Balaban J connectivity index is 1.84. The Morgan fingerprint density at radius 3 is 2.24 bits per heavy atom. The van der Waals surface area contributed by atoms with Crippen molar-refractivity contribution in [3.05, 3.63) is 77.5 Å². The number of hydrogen-bond acceptors (Lipinski definition) is 3. The number of aryl methyl sites for hydroxylation is 1. The lowest BCUT2D eigenvalue weighted by molar-refractivity contribution is -0.117. The monoisotopic (exact) mass is 460 g/mol. The summed E-state index contributed by atoms with van der Waals surface area (Å²) in [5.74, 6) is 0.426. The van der Waals surface area contributed by atoms with Crippen LogP contribution in [0.15, 0.2) is 60.7 Å². The first-order valence-electron chi connectivity index (χ1n) is 11.9.